The number of carbonyl (C=O) groups is 1. The normalized spacial score (nSPS) is 15.7. The Labute approximate surface area is 165 Å². The quantitative estimate of drug-likeness (QED) is 0.532. The van der Waals surface area contributed by atoms with Crippen LogP contribution in [0, 0.1) is 5.82 Å². The maximum absolute atomic E-state index is 13.8. The lowest BCUT2D eigenvalue weighted by Gasteiger charge is -2.25. The van der Waals surface area contributed by atoms with Crippen LogP contribution in [0.5, 0.6) is 0 Å². The van der Waals surface area contributed by atoms with E-state index >= 15 is 0 Å². The molecule has 0 spiro atoms. The van der Waals surface area contributed by atoms with Crippen LogP contribution in [0.2, 0.25) is 0 Å². The number of rotatable bonds is 3. The number of pyridine rings is 1. The summed E-state index contributed by atoms with van der Waals surface area (Å²) in [6.07, 6.45) is 3.25. The summed E-state index contributed by atoms with van der Waals surface area (Å²) in [5.74, 6) is -0.909. The molecule has 5 rings (SSSR count). The largest absolute Gasteiger partial charge is 0.450 e. The first-order chi connectivity index (χ1) is 14.1. The number of hydrogen-bond acceptors (Lipinski definition) is 4. The van der Waals surface area contributed by atoms with Gasteiger partial charge in [0.05, 0.1) is 17.0 Å². The van der Waals surface area contributed by atoms with Gasteiger partial charge in [-0.05, 0) is 35.4 Å². The lowest BCUT2D eigenvalue weighted by Crippen LogP contribution is -2.29. The van der Waals surface area contributed by atoms with E-state index in [1.54, 1.807) is 23.4 Å². The molecule has 1 amide bonds. The highest BCUT2D eigenvalue weighted by Crippen LogP contribution is 2.38. The average molecular weight is 386 g/mol. The second kappa shape index (κ2) is 6.67. The van der Waals surface area contributed by atoms with Crippen LogP contribution < -0.4 is 5.43 Å². The second-order valence-electron chi connectivity index (χ2n) is 6.92. The fourth-order valence-electron chi connectivity index (χ4n) is 3.82. The number of nitrogens with zero attached hydrogens (tertiary/aromatic N) is 2. The Kier molecular flexibility index (Phi) is 3.98. The number of carbonyl (C=O) groups excluding carboxylic acids is 1. The summed E-state index contributed by atoms with van der Waals surface area (Å²) in [6, 6.07) is 16.1. The van der Waals surface area contributed by atoms with Crippen molar-refractivity contribution in [1.29, 1.82) is 0 Å². The van der Waals surface area contributed by atoms with E-state index in [2.05, 4.69) is 4.98 Å². The summed E-state index contributed by atoms with van der Waals surface area (Å²) in [4.78, 5) is 32.3. The van der Waals surface area contributed by atoms with Gasteiger partial charge in [0, 0.05) is 18.9 Å². The molecule has 6 heteroatoms. The van der Waals surface area contributed by atoms with E-state index in [1.165, 1.54) is 12.1 Å². The lowest BCUT2D eigenvalue weighted by molar-refractivity contribution is 0.0714. The average Bonchev–Trinajstić information content (AvgIpc) is 3.02. The van der Waals surface area contributed by atoms with E-state index in [-0.39, 0.29) is 28.2 Å². The van der Waals surface area contributed by atoms with Gasteiger partial charge in [-0.3, -0.25) is 14.6 Å². The van der Waals surface area contributed by atoms with E-state index in [0.29, 0.717) is 12.1 Å². The molecule has 1 unspecified atom stereocenters. The van der Waals surface area contributed by atoms with Gasteiger partial charge in [-0.2, -0.15) is 0 Å². The van der Waals surface area contributed by atoms with Gasteiger partial charge < -0.3 is 9.32 Å². The summed E-state index contributed by atoms with van der Waals surface area (Å²) < 4.78 is 19.6. The summed E-state index contributed by atoms with van der Waals surface area (Å²) in [7, 11) is 0. The molecule has 2 aromatic heterocycles. The van der Waals surface area contributed by atoms with Crippen molar-refractivity contribution in [2.24, 2.45) is 0 Å². The van der Waals surface area contributed by atoms with Crippen LogP contribution in [-0.4, -0.2) is 15.8 Å². The van der Waals surface area contributed by atoms with Gasteiger partial charge in [0.15, 0.2) is 5.43 Å². The van der Waals surface area contributed by atoms with E-state index in [1.807, 2.05) is 36.4 Å². The Morgan fingerprint density at radius 3 is 2.62 bits per heavy atom. The Balaban J connectivity index is 1.74. The Morgan fingerprint density at radius 1 is 1.03 bits per heavy atom. The number of aromatic nitrogens is 1. The van der Waals surface area contributed by atoms with Crippen molar-refractivity contribution in [3.63, 3.8) is 0 Å². The molecule has 0 N–H and O–H groups in total. The van der Waals surface area contributed by atoms with Gasteiger partial charge in [0.1, 0.15) is 11.4 Å². The predicted octanol–water partition coefficient (Wildman–Crippen LogP) is 4.07. The van der Waals surface area contributed by atoms with Crippen molar-refractivity contribution < 1.29 is 13.6 Å². The minimum atomic E-state index is -0.657. The molecular formula is C23H15FN2O3. The number of fused-ring (bicyclic) bond motifs is 2. The molecule has 3 heterocycles. The van der Waals surface area contributed by atoms with E-state index in [4.69, 9.17) is 4.42 Å². The Hall–Kier alpha value is -3.80. The van der Waals surface area contributed by atoms with Gasteiger partial charge >= 0.3 is 0 Å². The first kappa shape index (κ1) is 17.3. The maximum atomic E-state index is 13.8. The summed E-state index contributed by atoms with van der Waals surface area (Å²) in [5.41, 5.74) is 1.62. The molecule has 0 fully saturated rings. The van der Waals surface area contributed by atoms with Gasteiger partial charge in [-0.25, -0.2) is 4.39 Å². The van der Waals surface area contributed by atoms with Gasteiger partial charge in [0.25, 0.3) is 5.91 Å². The maximum Gasteiger partial charge on any atom is 0.291 e. The Morgan fingerprint density at radius 2 is 1.86 bits per heavy atom. The van der Waals surface area contributed by atoms with E-state index in [0.717, 1.165) is 11.6 Å². The van der Waals surface area contributed by atoms with Crippen LogP contribution in [0.4, 0.5) is 4.39 Å². The summed E-state index contributed by atoms with van der Waals surface area (Å²) in [6.45, 7) is 0.299. The van der Waals surface area contributed by atoms with Crippen molar-refractivity contribution in [3.05, 3.63) is 112 Å². The molecule has 0 aliphatic carbocycles. The van der Waals surface area contributed by atoms with Crippen molar-refractivity contribution in [3.8, 4) is 0 Å². The fraction of sp³-hybridized carbons (Fsp3) is 0.0870. The molecule has 0 radical (unpaired) electrons. The lowest BCUT2D eigenvalue weighted by atomic mass is 9.99. The highest BCUT2D eigenvalue weighted by atomic mass is 19.1. The molecule has 5 nitrogen and oxygen atoms in total. The molecular weight excluding hydrogens is 371 g/mol. The van der Waals surface area contributed by atoms with Gasteiger partial charge in [-0.15, -0.1) is 0 Å². The predicted molar refractivity (Wildman–Crippen MR) is 105 cm³/mol. The first-order valence-corrected chi connectivity index (χ1v) is 9.14. The third-order valence-corrected chi connectivity index (χ3v) is 5.12. The van der Waals surface area contributed by atoms with Crippen molar-refractivity contribution in [1.82, 2.24) is 9.88 Å². The van der Waals surface area contributed by atoms with Crippen LogP contribution in [0.3, 0.4) is 0 Å². The molecule has 1 aliphatic rings. The van der Waals surface area contributed by atoms with Gasteiger partial charge in [0.2, 0.25) is 5.76 Å². The topological polar surface area (TPSA) is 63.4 Å². The summed E-state index contributed by atoms with van der Waals surface area (Å²) in [5, 5.41) is 0.118. The number of amides is 1. The second-order valence-corrected chi connectivity index (χ2v) is 6.92. The van der Waals surface area contributed by atoms with Crippen molar-refractivity contribution in [2.75, 3.05) is 0 Å². The highest BCUT2D eigenvalue weighted by molar-refractivity contribution is 5.99. The van der Waals surface area contributed by atoms with Crippen LogP contribution >= 0.6 is 0 Å². The molecule has 142 valence electrons. The van der Waals surface area contributed by atoms with Crippen molar-refractivity contribution >= 4 is 16.9 Å². The third kappa shape index (κ3) is 2.81. The van der Waals surface area contributed by atoms with Gasteiger partial charge in [-0.1, -0.05) is 36.4 Å². The van der Waals surface area contributed by atoms with E-state index < -0.39 is 17.3 Å². The molecule has 1 aliphatic heterocycles. The molecule has 0 bridgehead atoms. The van der Waals surface area contributed by atoms with Crippen molar-refractivity contribution in [2.45, 2.75) is 12.6 Å². The zero-order valence-corrected chi connectivity index (χ0v) is 15.2. The van der Waals surface area contributed by atoms with Crippen LogP contribution in [0.25, 0.3) is 11.0 Å². The van der Waals surface area contributed by atoms with Crippen LogP contribution in [0.1, 0.15) is 33.3 Å². The highest BCUT2D eigenvalue weighted by Gasteiger charge is 2.42. The molecule has 1 atom stereocenters. The fourth-order valence-corrected chi connectivity index (χ4v) is 3.82. The number of halogens is 1. The van der Waals surface area contributed by atoms with E-state index in [9.17, 15) is 14.0 Å². The third-order valence-electron chi connectivity index (χ3n) is 5.12. The minimum Gasteiger partial charge on any atom is -0.450 e. The zero-order chi connectivity index (χ0) is 20.0. The molecule has 2 aromatic carbocycles. The Bertz CT molecular complexity index is 1290. The monoisotopic (exact) mass is 386 g/mol. The number of benzene rings is 2. The summed E-state index contributed by atoms with van der Waals surface area (Å²) >= 11 is 0. The van der Waals surface area contributed by atoms with Crippen LogP contribution in [-0.2, 0) is 6.54 Å². The first-order valence-electron chi connectivity index (χ1n) is 9.14. The van der Waals surface area contributed by atoms with Crippen LogP contribution in [0.15, 0.2) is 82.3 Å². The standard InChI is InChI=1S/C23H15FN2O3/c24-16-8-9-18-17(11-16)21(27)19-20(15-7-4-10-25-12-15)26(23(28)22(19)29-18)13-14-5-2-1-3-6-14/h1-12,20H,13H2. The number of hydrogen-bond donors (Lipinski definition) is 0. The molecule has 4 aromatic rings. The molecule has 29 heavy (non-hydrogen) atoms. The molecule has 0 saturated heterocycles. The zero-order valence-electron chi connectivity index (χ0n) is 15.2. The minimum absolute atomic E-state index is 0.00103. The molecule has 0 saturated carbocycles. The SMILES string of the molecule is O=C1c2oc3ccc(F)cc3c(=O)c2C(c2cccnc2)N1Cc1ccccc1. The smallest absolute Gasteiger partial charge is 0.291 e.